The molecule has 6 nitrogen and oxygen atoms in total. The van der Waals surface area contributed by atoms with Crippen molar-refractivity contribution in [2.75, 3.05) is 40.9 Å². The van der Waals surface area contributed by atoms with E-state index in [1.807, 2.05) is 18.2 Å². The maximum atomic E-state index is 14.0. The van der Waals surface area contributed by atoms with E-state index in [-0.39, 0.29) is 6.04 Å². The summed E-state index contributed by atoms with van der Waals surface area (Å²) < 4.78 is 27.6. The fraction of sp³-hybridized carbons (Fsp3) is 0.400. The summed E-state index contributed by atoms with van der Waals surface area (Å²) in [5.74, 6) is 0.429. The number of benzene rings is 1. The van der Waals surface area contributed by atoms with Gasteiger partial charge in [-0.2, -0.15) is 4.98 Å². The molecule has 3 aromatic rings. The molecule has 0 spiro atoms. The first-order chi connectivity index (χ1) is 16.4. The van der Waals surface area contributed by atoms with Gasteiger partial charge < -0.3 is 14.7 Å². The summed E-state index contributed by atoms with van der Waals surface area (Å²) in [5, 5.41) is 0.630. The van der Waals surface area contributed by atoms with Gasteiger partial charge in [0.25, 0.3) is 0 Å². The summed E-state index contributed by atoms with van der Waals surface area (Å²) >= 11 is 6.37. The molecule has 0 saturated carbocycles. The molecule has 0 amide bonds. The number of anilines is 3. The lowest BCUT2D eigenvalue weighted by Crippen LogP contribution is -2.53. The summed E-state index contributed by atoms with van der Waals surface area (Å²) in [6, 6.07) is 9.91. The smallest absolute Gasteiger partial charge is 0.228 e. The molecule has 5 rings (SSSR count). The molecular weight excluding hydrogens is 458 g/mol. The molecule has 0 unspecified atom stereocenters. The second-order valence-corrected chi connectivity index (χ2v) is 9.43. The number of aromatic nitrogens is 3. The predicted octanol–water partition coefficient (Wildman–Crippen LogP) is 5.17. The van der Waals surface area contributed by atoms with E-state index in [4.69, 9.17) is 21.6 Å². The van der Waals surface area contributed by atoms with Crippen LogP contribution in [0.4, 0.5) is 26.4 Å². The van der Waals surface area contributed by atoms with Gasteiger partial charge in [-0.15, -0.1) is 0 Å². The topological polar surface area (TPSA) is 48.4 Å². The van der Waals surface area contributed by atoms with Crippen molar-refractivity contribution in [3.8, 4) is 11.3 Å². The number of rotatable bonds is 4. The molecule has 178 valence electrons. The van der Waals surface area contributed by atoms with Crippen molar-refractivity contribution >= 4 is 29.2 Å². The highest BCUT2D eigenvalue weighted by molar-refractivity contribution is 6.32. The third kappa shape index (κ3) is 4.39. The summed E-state index contributed by atoms with van der Waals surface area (Å²) in [4.78, 5) is 20.8. The summed E-state index contributed by atoms with van der Waals surface area (Å²) in [5.41, 5.74) is 1.11. The Kier molecular flexibility index (Phi) is 6.25. The van der Waals surface area contributed by atoms with Crippen LogP contribution in [0.2, 0.25) is 5.02 Å². The predicted molar refractivity (Wildman–Crippen MR) is 132 cm³/mol. The molecule has 1 aromatic carbocycles. The summed E-state index contributed by atoms with van der Waals surface area (Å²) in [7, 11) is 0. The maximum Gasteiger partial charge on any atom is 0.228 e. The van der Waals surface area contributed by atoms with Crippen LogP contribution >= 0.6 is 11.6 Å². The Labute approximate surface area is 203 Å². The quantitative estimate of drug-likeness (QED) is 0.509. The van der Waals surface area contributed by atoms with Crippen LogP contribution in [-0.2, 0) is 0 Å². The third-order valence-corrected chi connectivity index (χ3v) is 6.98. The van der Waals surface area contributed by atoms with Crippen LogP contribution in [0, 0.1) is 11.6 Å². The van der Waals surface area contributed by atoms with Gasteiger partial charge in [0.15, 0.2) is 11.6 Å². The summed E-state index contributed by atoms with van der Waals surface area (Å²) in [6.45, 7) is 7.33. The second-order valence-electron chi connectivity index (χ2n) is 9.02. The van der Waals surface area contributed by atoms with Gasteiger partial charge in [-0.3, -0.25) is 0 Å². The van der Waals surface area contributed by atoms with E-state index in [0.29, 0.717) is 41.4 Å². The zero-order valence-corrected chi connectivity index (χ0v) is 20.0. The Hall–Kier alpha value is -3.00. The van der Waals surface area contributed by atoms with Gasteiger partial charge in [-0.05, 0) is 57.0 Å². The first-order valence-electron chi connectivity index (χ1n) is 11.6. The van der Waals surface area contributed by atoms with Crippen molar-refractivity contribution < 1.29 is 8.78 Å². The normalized spacial score (nSPS) is 20.8. The van der Waals surface area contributed by atoms with Crippen LogP contribution in [0.1, 0.15) is 26.7 Å². The monoisotopic (exact) mass is 484 g/mol. The molecular formula is C25H27ClF2N6. The Morgan fingerprint density at radius 1 is 0.941 bits per heavy atom. The molecule has 0 radical (unpaired) electrons. The molecule has 2 fully saturated rings. The zero-order valence-electron chi connectivity index (χ0n) is 19.3. The van der Waals surface area contributed by atoms with Crippen LogP contribution in [0.25, 0.3) is 11.3 Å². The van der Waals surface area contributed by atoms with Crippen LogP contribution in [-0.4, -0.2) is 53.2 Å². The van der Waals surface area contributed by atoms with E-state index in [9.17, 15) is 8.78 Å². The lowest BCUT2D eigenvalue weighted by atomic mass is 10.1. The van der Waals surface area contributed by atoms with Crippen LogP contribution in [0.15, 0.2) is 42.6 Å². The average Bonchev–Trinajstić information content (AvgIpc) is 3.26. The van der Waals surface area contributed by atoms with Crippen molar-refractivity contribution in [2.24, 2.45) is 0 Å². The lowest BCUT2D eigenvalue weighted by molar-refractivity contribution is 0.509. The number of nitrogens with zero attached hydrogens (tertiary/aromatic N) is 6. The molecule has 2 atom stereocenters. The molecule has 9 heteroatoms. The SMILES string of the molecule is C[C@@H]1CCCN1c1cc(-c2ccc(F)c(F)c2)nc(N2CCN(c3ncccc3Cl)C[C@@H]2C)n1. The number of hydrogen-bond donors (Lipinski definition) is 0. The van der Waals surface area contributed by atoms with Gasteiger partial charge in [0, 0.05) is 56.1 Å². The van der Waals surface area contributed by atoms with Gasteiger partial charge in [0.1, 0.15) is 11.6 Å². The Bertz CT molecular complexity index is 1190. The van der Waals surface area contributed by atoms with E-state index in [2.05, 4.69) is 33.5 Å². The number of hydrogen-bond acceptors (Lipinski definition) is 6. The zero-order chi connectivity index (χ0) is 23.8. The molecule has 2 aliphatic rings. The van der Waals surface area contributed by atoms with E-state index < -0.39 is 11.6 Å². The van der Waals surface area contributed by atoms with Crippen molar-refractivity contribution in [3.05, 3.63) is 59.3 Å². The average molecular weight is 485 g/mol. The molecule has 2 aromatic heterocycles. The molecule has 0 aliphatic carbocycles. The fourth-order valence-electron chi connectivity index (χ4n) is 4.83. The Balaban J connectivity index is 1.49. The molecule has 2 aliphatic heterocycles. The Morgan fingerprint density at radius 2 is 1.79 bits per heavy atom. The molecule has 34 heavy (non-hydrogen) atoms. The standard InChI is InChI=1S/C25H27ClF2N6/c1-16-5-4-10-33(16)23-14-22(18-7-8-20(27)21(28)13-18)30-25(31-23)34-12-11-32(15-17(34)2)24-19(26)6-3-9-29-24/h3,6-9,13-14,16-17H,4-5,10-12,15H2,1-2H3/t16-,17+/m1/s1. The minimum atomic E-state index is -0.886. The Morgan fingerprint density at radius 3 is 2.50 bits per heavy atom. The second kappa shape index (κ2) is 9.33. The van der Waals surface area contributed by atoms with Crippen LogP contribution < -0.4 is 14.7 Å². The highest BCUT2D eigenvalue weighted by Gasteiger charge is 2.29. The van der Waals surface area contributed by atoms with Crippen molar-refractivity contribution in [1.29, 1.82) is 0 Å². The van der Waals surface area contributed by atoms with E-state index >= 15 is 0 Å². The van der Waals surface area contributed by atoms with Crippen molar-refractivity contribution in [2.45, 2.75) is 38.8 Å². The lowest BCUT2D eigenvalue weighted by Gasteiger charge is -2.41. The number of pyridine rings is 1. The van der Waals surface area contributed by atoms with Gasteiger partial charge in [0.05, 0.1) is 10.7 Å². The highest BCUT2D eigenvalue weighted by Crippen LogP contribution is 2.32. The highest BCUT2D eigenvalue weighted by atomic mass is 35.5. The fourth-order valence-corrected chi connectivity index (χ4v) is 5.07. The van der Waals surface area contributed by atoms with E-state index in [1.54, 1.807) is 12.3 Å². The van der Waals surface area contributed by atoms with Crippen molar-refractivity contribution in [1.82, 2.24) is 15.0 Å². The van der Waals surface area contributed by atoms with Crippen LogP contribution in [0.3, 0.4) is 0 Å². The van der Waals surface area contributed by atoms with Gasteiger partial charge in [-0.25, -0.2) is 18.7 Å². The minimum Gasteiger partial charge on any atom is -0.354 e. The summed E-state index contributed by atoms with van der Waals surface area (Å²) in [6.07, 6.45) is 3.94. The van der Waals surface area contributed by atoms with Gasteiger partial charge in [-0.1, -0.05) is 11.6 Å². The van der Waals surface area contributed by atoms with Crippen LogP contribution in [0.5, 0.6) is 0 Å². The van der Waals surface area contributed by atoms with Gasteiger partial charge >= 0.3 is 0 Å². The maximum absolute atomic E-state index is 14.0. The molecule has 2 saturated heterocycles. The number of piperazine rings is 1. The largest absolute Gasteiger partial charge is 0.354 e. The molecule has 0 bridgehead atoms. The minimum absolute atomic E-state index is 0.0934. The first kappa shape index (κ1) is 22.8. The van der Waals surface area contributed by atoms with Gasteiger partial charge in [0.2, 0.25) is 5.95 Å². The van der Waals surface area contributed by atoms with Crippen molar-refractivity contribution in [3.63, 3.8) is 0 Å². The van der Waals surface area contributed by atoms with E-state index in [0.717, 1.165) is 43.6 Å². The molecule has 0 N–H and O–H groups in total. The molecule has 4 heterocycles. The first-order valence-corrected chi connectivity index (χ1v) is 12.0. The van der Waals surface area contributed by atoms with E-state index in [1.165, 1.54) is 6.07 Å². The third-order valence-electron chi connectivity index (χ3n) is 6.69. The number of halogens is 3.